The fourth-order valence-corrected chi connectivity index (χ4v) is 3.05. The van der Waals surface area contributed by atoms with Crippen LogP contribution in [0, 0.1) is 13.8 Å². The van der Waals surface area contributed by atoms with Crippen molar-refractivity contribution in [3.05, 3.63) is 59.8 Å². The fraction of sp³-hybridized carbons (Fsp3) is 0.263. The summed E-state index contributed by atoms with van der Waals surface area (Å²) in [6.45, 7) is 6.44. The predicted molar refractivity (Wildman–Crippen MR) is 101 cm³/mol. The molecule has 0 unspecified atom stereocenters. The van der Waals surface area contributed by atoms with Gasteiger partial charge in [-0.15, -0.1) is 0 Å². The Bertz CT molecular complexity index is 879. The van der Waals surface area contributed by atoms with Gasteiger partial charge in [-0.05, 0) is 50.1 Å². The van der Waals surface area contributed by atoms with E-state index in [-0.39, 0.29) is 11.9 Å². The minimum absolute atomic E-state index is 0.0605. The van der Waals surface area contributed by atoms with Gasteiger partial charge in [0.25, 0.3) is 5.91 Å². The Balaban J connectivity index is 1.72. The van der Waals surface area contributed by atoms with E-state index < -0.39 is 0 Å². The molecule has 3 N–H and O–H groups in total. The lowest BCUT2D eigenvalue weighted by Crippen LogP contribution is -2.35. The quantitative estimate of drug-likeness (QED) is 0.736. The third-order valence-electron chi connectivity index (χ3n) is 4.16. The van der Waals surface area contributed by atoms with Crippen LogP contribution in [0.25, 0.3) is 11.1 Å². The van der Waals surface area contributed by atoms with E-state index in [4.69, 9.17) is 5.73 Å². The molecule has 2 aromatic heterocycles. The molecule has 1 amide bonds. The van der Waals surface area contributed by atoms with Crippen LogP contribution in [-0.4, -0.2) is 31.7 Å². The summed E-state index contributed by atoms with van der Waals surface area (Å²) in [6.07, 6.45) is 3.10. The summed E-state index contributed by atoms with van der Waals surface area (Å²) in [5, 5.41) is 7.01. The number of benzene rings is 1. The third kappa shape index (κ3) is 3.88. The zero-order valence-electron chi connectivity index (χ0n) is 15.1. The Labute approximate surface area is 152 Å². The van der Waals surface area contributed by atoms with Crippen molar-refractivity contribution in [2.75, 3.05) is 5.73 Å². The largest absolute Gasteiger partial charge is 0.384 e. The molecule has 0 spiro atoms. The molecule has 0 aliphatic heterocycles. The zero-order chi connectivity index (χ0) is 18.7. The Morgan fingerprint density at radius 1 is 1.27 bits per heavy atom. The van der Waals surface area contributed by atoms with Gasteiger partial charge in [0.05, 0.1) is 6.54 Å². The number of nitrogens with two attached hydrogens (primary N) is 1. The molecule has 0 aliphatic rings. The first-order chi connectivity index (χ1) is 12.4. The Kier molecular flexibility index (Phi) is 4.97. The monoisotopic (exact) mass is 350 g/mol. The third-order valence-corrected chi connectivity index (χ3v) is 4.16. The van der Waals surface area contributed by atoms with E-state index >= 15 is 0 Å². The standard InChI is InChI=1S/C19H22N6O/c1-12-8-17(20)24-14(3)18(12)15-4-6-16(7-5-15)19(26)23-13(2)9-25-11-21-10-22-25/h4-8,10-11,13H,9H2,1-3H3,(H2,20,24)(H,23,26)/t13-/m0/s1. The normalized spacial score (nSPS) is 12.0. The van der Waals surface area contributed by atoms with E-state index in [0.29, 0.717) is 17.9 Å². The summed E-state index contributed by atoms with van der Waals surface area (Å²) in [7, 11) is 0. The lowest BCUT2D eigenvalue weighted by atomic mass is 9.98. The van der Waals surface area contributed by atoms with Gasteiger partial charge in [-0.25, -0.2) is 9.97 Å². The highest BCUT2D eigenvalue weighted by Crippen LogP contribution is 2.27. The first kappa shape index (κ1) is 17.6. The van der Waals surface area contributed by atoms with Gasteiger partial charge in [-0.3, -0.25) is 9.48 Å². The summed E-state index contributed by atoms with van der Waals surface area (Å²) in [5.74, 6) is 0.397. The maximum Gasteiger partial charge on any atom is 0.251 e. The van der Waals surface area contributed by atoms with Crippen LogP contribution < -0.4 is 11.1 Å². The number of amides is 1. The summed E-state index contributed by atoms with van der Waals surface area (Å²) >= 11 is 0. The first-order valence-electron chi connectivity index (χ1n) is 8.41. The van der Waals surface area contributed by atoms with Crippen LogP contribution in [0.15, 0.2) is 43.0 Å². The molecule has 1 atom stereocenters. The van der Waals surface area contributed by atoms with Crippen LogP contribution >= 0.6 is 0 Å². The molecule has 7 heteroatoms. The average molecular weight is 350 g/mol. The highest BCUT2D eigenvalue weighted by atomic mass is 16.1. The molecule has 3 aromatic rings. The molecule has 0 radical (unpaired) electrons. The molecule has 0 aliphatic carbocycles. The molecule has 0 bridgehead atoms. The minimum Gasteiger partial charge on any atom is -0.384 e. The summed E-state index contributed by atoms with van der Waals surface area (Å²) in [4.78, 5) is 20.6. The van der Waals surface area contributed by atoms with Gasteiger partial charge in [0.2, 0.25) is 0 Å². The number of hydrogen-bond acceptors (Lipinski definition) is 5. The number of nitrogen functional groups attached to an aromatic ring is 1. The number of rotatable bonds is 5. The lowest BCUT2D eigenvalue weighted by Gasteiger charge is -2.14. The summed E-state index contributed by atoms with van der Waals surface area (Å²) < 4.78 is 1.69. The van der Waals surface area contributed by atoms with Crippen molar-refractivity contribution in [3.8, 4) is 11.1 Å². The van der Waals surface area contributed by atoms with Crippen LogP contribution in [0.3, 0.4) is 0 Å². The number of carbonyl (C=O) groups excluding carboxylic acids is 1. The first-order valence-corrected chi connectivity index (χ1v) is 8.41. The second kappa shape index (κ2) is 7.35. The van der Waals surface area contributed by atoms with Crippen molar-refractivity contribution >= 4 is 11.7 Å². The van der Waals surface area contributed by atoms with E-state index in [0.717, 1.165) is 22.4 Å². The number of anilines is 1. The number of nitrogens with zero attached hydrogens (tertiary/aromatic N) is 4. The van der Waals surface area contributed by atoms with Gasteiger partial charge >= 0.3 is 0 Å². The van der Waals surface area contributed by atoms with Crippen LogP contribution in [0.2, 0.25) is 0 Å². The summed E-state index contributed by atoms with van der Waals surface area (Å²) in [6, 6.07) is 9.31. The van der Waals surface area contributed by atoms with Crippen molar-refractivity contribution in [2.45, 2.75) is 33.4 Å². The Morgan fingerprint density at radius 2 is 2.00 bits per heavy atom. The van der Waals surface area contributed by atoms with E-state index in [1.807, 2.05) is 51.1 Å². The van der Waals surface area contributed by atoms with Crippen molar-refractivity contribution in [2.24, 2.45) is 0 Å². The van der Waals surface area contributed by atoms with Crippen LogP contribution in [0.1, 0.15) is 28.5 Å². The van der Waals surface area contributed by atoms with Crippen molar-refractivity contribution in [1.29, 1.82) is 0 Å². The molecule has 0 saturated heterocycles. The van der Waals surface area contributed by atoms with Crippen LogP contribution in [0.4, 0.5) is 5.82 Å². The molecule has 7 nitrogen and oxygen atoms in total. The van der Waals surface area contributed by atoms with E-state index in [9.17, 15) is 4.79 Å². The van der Waals surface area contributed by atoms with Crippen molar-refractivity contribution < 1.29 is 4.79 Å². The zero-order valence-corrected chi connectivity index (χ0v) is 15.1. The molecule has 0 fully saturated rings. The molecule has 2 heterocycles. The van der Waals surface area contributed by atoms with Gasteiger partial charge in [0, 0.05) is 22.9 Å². The lowest BCUT2D eigenvalue weighted by molar-refractivity contribution is 0.0936. The number of hydrogen-bond donors (Lipinski definition) is 2. The second-order valence-corrected chi connectivity index (χ2v) is 6.39. The van der Waals surface area contributed by atoms with Gasteiger partial charge in [0.15, 0.2) is 0 Å². The summed E-state index contributed by atoms with van der Waals surface area (Å²) in [5.41, 5.74) is 10.4. The number of aryl methyl sites for hydroxylation is 2. The van der Waals surface area contributed by atoms with Crippen molar-refractivity contribution in [1.82, 2.24) is 25.1 Å². The maximum absolute atomic E-state index is 12.4. The van der Waals surface area contributed by atoms with Crippen molar-refractivity contribution in [3.63, 3.8) is 0 Å². The van der Waals surface area contributed by atoms with E-state index in [2.05, 4.69) is 20.4 Å². The maximum atomic E-state index is 12.4. The number of pyridine rings is 1. The van der Waals surface area contributed by atoms with Gasteiger partial charge in [-0.1, -0.05) is 12.1 Å². The smallest absolute Gasteiger partial charge is 0.251 e. The van der Waals surface area contributed by atoms with E-state index in [1.54, 1.807) is 11.0 Å². The van der Waals surface area contributed by atoms with E-state index in [1.165, 1.54) is 6.33 Å². The highest BCUT2D eigenvalue weighted by Gasteiger charge is 2.12. The van der Waals surface area contributed by atoms with Crippen LogP contribution in [0.5, 0.6) is 0 Å². The van der Waals surface area contributed by atoms with Crippen LogP contribution in [-0.2, 0) is 6.54 Å². The number of carbonyl (C=O) groups is 1. The Hall–Kier alpha value is -3.22. The molecule has 3 rings (SSSR count). The average Bonchev–Trinajstić information content (AvgIpc) is 3.07. The number of aromatic nitrogens is 4. The number of nitrogens with one attached hydrogen (secondary N) is 1. The topological polar surface area (TPSA) is 98.7 Å². The molecule has 134 valence electrons. The minimum atomic E-state index is -0.118. The molecule has 0 saturated carbocycles. The molecule has 26 heavy (non-hydrogen) atoms. The molecular weight excluding hydrogens is 328 g/mol. The fourth-order valence-electron chi connectivity index (χ4n) is 3.05. The van der Waals surface area contributed by atoms with Gasteiger partial charge in [0.1, 0.15) is 18.5 Å². The predicted octanol–water partition coefficient (Wildman–Crippen LogP) is 2.36. The second-order valence-electron chi connectivity index (χ2n) is 6.39. The SMILES string of the molecule is Cc1cc(N)nc(C)c1-c1ccc(C(=O)N[C@@H](C)Cn2cncn2)cc1. The van der Waals surface area contributed by atoms with Gasteiger partial charge < -0.3 is 11.1 Å². The Morgan fingerprint density at radius 3 is 2.62 bits per heavy atom. The highest BCUT2D eigenvalue weighted by molar-refractivity contribution is 5.95. The molecule has 1 aromatic carbocycles. The van der Waals surface area contributed by atoms with Gasteiger partial charge in [-0.2, -0.15) is 5.10 Å². The molecular formula is C19H22N6O.